The van der Waals surface area contributed by atoms with Crippen LogP contribution in [0.2, 0.25) is 5.02 Å². The highest BCUT2D eigenvalue weighted by Gasteiger charge is 2.37. The van der Waals surface area contributed by atoms with E-state index >= 15 is 0 Å². The largest absolute Gasteiger partial charge is 0.455 e. The van der Waals surface area contributed by atoms with Gasteiger partial charge in [-0.3, -0.25) is 9.59 Å². The van der Waals surface area contributed by atoms with Crippen LogP contribution in [0.3, 0.4) is 0 Å². The molecule has 4 aromatic rings. The highest BCUT2D eigenvalue weighted by molar-refractivity contribution is 7.14. The van der Waals surface area contributed by atoms with Crippen LogP contribution in [0, 0.1) is 18.3 Å². The highest BCUT2D eigenvalue weighted by atomic mass is 35.5. The number of benzene rings is 2. The summed E-state index contributed by atoms with van der Waals surface area (Å²) in [6.45, 7) is 4.89. The molecule has 40 heavy (non-hydrogen) atoms. The summed E-state index contributed by atoms with van der Waals surface area (Å²) in [5.41, 5.74) is 1.58. The number of anilines is 1. The molecule has 2 amide bonds. The maximum absolute atomic E-state index is 13.6. The summed E-state index contributed by atoms with van der Waals surface area (Å²) in [5, 5.41) is 25.2. The Hall–Kier alpha value is -4.35. The van der Waals surface area contributed by atoms with Crippen molar-refractivity contribution < 1.29 is 22.8 Å². The zero-order valence-corrected chi connectivity index (χ0v) is 22.7. The monoisotopic (exact) mass is 588 g/mol. The van der Waals surface area contributed by atoms with E-state index in [0.29, 0.717) is 11.1 Å². The predicted octanol–water partition coefficient (Wildman–Crippen LogP) is 5.09. The van der Waals surface area contributed by atoms with Gasteiger partial charge in [0, 0.05) is 11.6 Å². The van der Waals surface area contributed by atoms with E-state index in [1.165, 1.54) is 12.1 Å². The summed E-state index contributed by atoms with van der Waals surface area (Å²) < 4.78 is 38.8. The van der Waals surface area contributed by atoms with E-state index < -0.39 is 23.8 Å². The van der Waals surface area contributed by atoms with Crippen molar-refractivity contribution in [2.75, 3.05) is 5.32 Å². The Balaban J connectivity index is 1.75. The maximum Gasteiger partial charge on any atom is 0.455 e. The smallest absolute Gasteiger partial charge is 0.350 e. The first-order valence-corrected chi connectivity index (χ1v) is 12.8. The molecular weight excluding hydrogens is 569 g/mol. The Morgan fingerprint density at radius 2 is 1.93 bits per heavy atom. The van der Waals surface area contributed by atoms with Crippen LogP contribution in [-0.4, -0.2) is 43.0 Å². The summed E-state index contributed by atoms with van der Waals surface area (Å²) >= 11 is 7.27. The van der Waals surface area contributed by atoms with Gasteiger partial charge in [0.05, 0.1) is 33.6 Å². The number of nitrogens with zero attached hydrogens (tertiary/aromatic N) is 6. The lowest BCUT2D eigenvalue weighted by Crippen LogP contribution is -2.31. The number of thiazole rings is 1. The number of hydrogen-bond acceptors (Lipinski definition) is 8. The number of nitriles is 1. The Morgan fingerprint density at radius 3 is 2.55 bits per heavy atom. The summed E-state index contributed by atoms with van der Waals surface area (Å²) in [6.07, 6.45) is -4.77. The normalized spacial score (nSPS) is 11.4. The number of rotatable bonds is 7. The van der Waals surface area contributed by atoms with Gasteiger partial charge in [-0.05, 0) is 49.7 Å². The number of aryl methyl sites for hydroxylation is 1. The third-order valence-corrected chi connectivity index (χ3v) is 6.73. The number of aromatic nitrogens is 5. The topological polar surface area (TPSA) is 138 Å². The van der Waals surface area contributed by atoms with Crippen molar-refractivity contribution in [3.8, 4) is 17.3 Å². The molecular formula is C25H20ClF3N8O2S. The summed E-state index contributed by atoms with van der Waals surface area (Å²) in [6, 6.07) is 11.3. The van der Waals surface area contributed by atoms with Crippen LogP contribution >= 0.6 is 22.9 Å². The third-order valence-electron chi connectivity index (χ3n) is 5.36. The van der Waals surface area contributed by atoms with Crippen molar-refractivity contribution in [3.05, 3.63) is 73.8 Å². The molecule has 206 valence electrons. The number of amides is 2. The van der Waals surface area contributed by atoms with Crippen LogP contribution in [0.25, 0.3) is 11.3 Å². The van der Waals surface area contributed by atoms with Gasteiger partial charge in [0.2, 0.25) is 0 Å². The Kier molecular flexibility index (Phi) is 8.17. The lowest BCUT2D eigenvalue weighted by molar-refractivity contribution is -0.145. The first kappa shape index (κ1) is 28.7. The molecule has 2 aromatic heterocycles. The first-order valence-electron chi connectivity index (χ1n) is 11.6. The number of carbonyl (C=O) groups is 2. The van der Waals surface area contributed by atoms with Gasteiger partial charge in [-0.15, -0.1) is 21.5 Å². The quantitative estimate of drug-likeness (QED) is 0.307. The number of halogens is 4. The molecule has 0 saturated carbocycles. The number of hydrogen-bond donors (Lipinski definition) is 2. The van der Waals surface area contributed by atoms with Gasteiger partial charge in [-0.1, -0.05) is 29.8 Å². The molecule has 0 saturated heterocycles. The average molecular weight is 589 g/mol. The van der Waals surface area contributed by atoms with Gasteiger partial charge in [-0.25, -0.2) is 4.98 Å². The van der Waals surface area contributed by atoms with Crippen LogP contribution in [0.4, 0.5) is 18.9 Å². The fraction of sp³-hybridized carbons (Fsp3) is 0.240. The molecule has 0 radical (unpaired) electrons. The predicted molar refractivity (Wildman–Crippen MR) is 141 cm³/mol. The molecule has 0 unspecified atom stereocenters. The van der Waals surface area contributed by atoms with Crippen molar-refractivity contribution >= 4 is 40.4 Å². The lowest BCUT2D eigenvalue weighted by atomic mass is 10.0. The Bertz CT molecular complexity index is 1640. The van der Waals surface area contributed by atoms with Gasteiger partial charge < -0.3 is 10.6 Å². The second-order valence-corrected chi connectivity index (χ2v) is 10.3. The number of alkyl halides is 3. The van der Waals surface area contributed by atoms with E-state index in [9.17, 15) is 28.0 Å². The van der Waals surface area contributed by atoms with E-state index in [0.717, 1.165) is 16.1 Å². The summed E-state index contributed by atoms with van der Waals surface area (Å²) in [7, 11) is 0. The summed E-state index contributed by atoms with van der Waals surface area (Å²) in [5.74, 6) is -2.54. The second kappa shape index (κ2) is 11.4. The minimum atomic E-state index is -4.77. The Morgan fingerprint density at radius 1 is 1.20 bits per heavy atom. The highest BCUT2D eigenvalue weighted by Crippen LogP contribution is 2.35. The first-order chi connectivity index (χ1) is 18.9. The van der Waals surface area contributed by atoms with E-state index in [1.54, 1.807) is 45.0 Å². The molecule has 2 aromatic carbocycles. The molecule has 2 heterocycles. The molecule has 0 bridgehead atoms. The van der Waals surface area contributed by atoms with E-state index in [-0.39, 0.29) is 50.0 Å². The summed E-state index contributed by atoms with van der Waals surface area (Å²) in [4.78, 5) is 31.8. The van der Waals surface area contributed by atoms with Gasteiger partial charge in [-0.2, -0.15) is 23.2 Å². The standard InChI is InChI=1S/C25H20ClF3N8O2S/c1-12(2)31-22(38)16-9-14(10-30)8-13(3)19(16)33-23(39)21-20(15-6-4-5-7-17(15)26)32-18(40-21)11-37-35-24(34-36-37)25(27,28)29/h4-9,12H,11H2,1-3H3,(H,31,38)(H,33,39). The van der Waals surface area contributed by atoms with Crippen LogP contribution in [0.1, 0.15) is 55.8 Å². The molecule has 0 atom stereocenters. The van der Waals surface area contributed by atoms with Crippen molar-refractivity contribution in [2.24, 2.45) is 0 Å². The van der Waals surface area contributed by atoms with Gasteiger partial charge in [0.1, 0.15) is 16.4 Å². The number of tetrazole rings is 1. The van der Waals surface area contributed by atoms with Crippen molar-refractivity contribution in [1.29, 1.82) is 5.26 Å². The van der Waals surface area contributed by atoms with Crippen LogP contribution in [0.15, 0.2) is 36.4 Å². The molecule has 0 aliphatic carbocycles. The molecule has 0 spiro atoms. The molecule has 2 N–H and O–H groups in total. The van der Waals surface area contributed by atoms with Crippen molar-refractivity contribution in [2.45, 2.75) is 39.5 Å². The molecule has 4 rings (SSSR count). The van der Waals surface area contributed by atoms with Crippen molar-refractivity contribution in [1.82, 2.24) is 30.5 Å². The van der Waals surface area contributed by atoms with Gasteiger partial charge in [0.25, 0.3) is 17.6 Å². The second-order valence-electron chi connectivity index (χ2n) is 8.82. The van der Waals surface area contributed by atoms with Crippen LogP contribution in [0.5, 0.6) is 0 Å². The van der Waals surface area contributed by atoms with Crippen LogP contribution < -0.4 is 10.6 Å². The van der Waals surface area contributed by atoms with E-state index in [4.69, 9.17) is 11.6 Å². The Labute approximate surface area is 234 Å². The number of nitrogens with one attached hydrogen (secondary N) is 2. The zero-order chi connectivity index (χ0) is 29.2. The third kappa shape index (κ3) is 6.27. The van der Waals surface area contributed by atoms with E-state index in [1.807, 2.05) is 6.07 Å². The fourth-order valence-corrected chi connectivity index (χ4v) is 4.85. The maximum atomic E-state index is 13.6. The average Bonchev–Trinajstić information content (AvgIpc) is 3.52. The molecule has 15 heteroatoms. The number of carbonyl (C=O) groups excluding carboxylic acids is 2. The molecule has 10 nitrogen and oxygen atoms in total. The van der Waals surface area contributed by atoms with Crippen molar-refractivity contribution in [3.63, 3.8) is 0 Å². The molecule has 0 aliphatic heterocycles. The van der Waals surface area contributed by atoms with Crippen LogP contribution in [-0.2, 0) is 12.7 Å². The molecule has 0 fully saturated rings. The molecule has 0 aliphatic rings. The minimum absolute atomic E-state index is 0.0817. The SMILES string of the molecule is Cc1cc(C#N)cc(C(=O)NC(C)C)c1NC(=O)c1sc(Cn2nnc(C(F)(F)F)n2)nc1-c1ccccc1Cl. The lowest BCUT2D eigenvalue weighted by Gasteiger charge is -2.16. The minimum Gasteiger partial charge on any atom is -0.350 e. The zero-order valence-electron chi connectivity index (χ0n) is 21.2. The van der Waals surface area contributed by atoms with Gasteiger partial charge >= 0.3 is 6.18 Å². The fourth-order valence-electron chi connectivity index (χ4n) is 3.67. The van der Waals surface area contributed by atoms with Gasteiger partial charge in [0.15, 0.2) is 0 Å². The van der Waals surface area contributed by atoms with E-state index in [2.05, 4.69) is 31.0 Å².